The van der Waals surface area contributed by atoms with E-state index >= 15 is 0 Å². The van der Waals surface area contributed by atoms with Crippen molar-refractivity contribution in [2.75, 3.05) is 18.2 Å². The summed E-state index contributed by atoms with van der Waals surface area (Å²) in [7, 11) is 1.57. The van der Waals surface area contributed by atoms with Crippen molar-refractivity contribution in [2.45, 2.75) is 5.75 Å². The molecule has 1 amide bonds. The summed E-state index contributed by atoms with van der Waals surface area (Å²) in [4.78, 5) is 16.5. The number of aromatic nitrogens is 1. The van der Waals surface area contributed by atoms with E-state index in [1.165, 1.54) is 11.8 Å². The Bertz CT molecular complexity index is 881. The maximum absolute atomic E-state index is 12.1. The fourth-order valence-electron chi connectivity index (χ4n) is 2.28. The second kappa shape index (κ2) is 8.78. The van der Waals surface area contributed by atoms with Gasteiger partial charge in [-0.2, -0.15) is 0 Å². The predicted molar refractivity (Wildman–Crippen MR) is 105 cm³/mol. The normalized spacial score (nSPS) is 10.5. The number of hydrogen-bond donors (Lipinski definition) is 1. The highest BCUT2D eigenvalue weighted by Gasteiger charge is 2.10. The molecule has 0 aliphatic carbocycles. The van der Waals surface area contributed by atoms with Crippen molar-refractivity contribution < 1.29 is 13.9 Å². The third-order valence-corrected chi connectivity index (χ3v) is 4.73. The molecule has 1 aromatic heterocycles. The summed E-state index contributed by atoms with van der Waals surface area (Å²) in [6.45, 7) is 0. The zero-order chi connectivity index (χ0) is 18.4. The highest BCUT2D eigenvalue weighted by molar-refractivity contribution is 7.99. The number of para-hydroxylation sites is 2. The van der Waals surface area contributed by atoms with Gasteiger partial charge in [-0.25, -0.2) is 4.98 Å². The minimum Gasteiger partial charge on any atom is -0.495 e. The number of methoxy groups -OCH3 is 1. The second-order valence-corrected chi connectivity index (χ2v) is 6.81. The number of ether oxygens (including phenoxy) is 1. The largest absolute Gasteiger partial charge is 0.495 e. The lowest BCUT2D eigenvalue weighted by molar-refractivity contribution is -0.113. The molecule has 2 aromatic carbocycles. The van der Waals surface area contributed by atoms with E-state index in [-0.39, 0.29) is 5.91 Å². The van der Waals surface area contributed by atoms with Crippen molar-refractivity contribution in [3.05, 3.63) is 65.5 Å². The van der Waals surface area contributed by atoms with Gasteiger partial charge in [0.2, 0.25) is 11.8 Å². The van der Waals surface area contributed by atoms with Gasteiger partial charge >= 0.3 is 0 Å². The molecule has 0 saturated carbocycles. The lowest BCUT2D eigenvalue weighted by atomic mass is 10.2. The van der Waals surface area contributed by atoms with Gasteiger partial charge in [-0.1, -0.05) is 23.7 Å². The number of thioether (sulfide) groups is 1. The maximum atomic E-state index is 12.1. The summed E-state index contributed by atoms with van der Waals surface area (Å²) in [6, 6.07) is 14.6. The molecule has 0 saturated heterocycles. The Morgan fingerprint density at radius 3 is 2.77 bits per heavy atom. The van der Waals surface area contributed by atoms with E-state index in [2.05, 4.69) is 10.3 Å². The van der Waals surface area contributed by atoms with Crippen molar-refractivity contribution in [2.24, 2.45) is 0 Å². The lowest BCUT2D eigenvalue weighted by Gasteiger charge is -2.09. The van der Waals surface area contributed by atoms with Gasteiger partial charge in [0.1, 0.15) is 12.0 Å². The number of nitrogens with zero attached hydrogens (tertiary/aromatic N) is 1. The molecule has 1 N–H and O–H groups in total. The number of carbonyl (C=O) groups is 1. The zero-order valence-corrected chi connectivity index (χ0v) is 15.6. The standard InChI is InChI=1S/C19H17ClN2O3S/c1-24-17-5-3-2-4-16(17)22-18(23)12-26-11-15-10-25-19(21-15)13-6-8-14(20)9-7-13/h2-10H,11-12H2,1H3,(H,22,23). The van der Waals surface area contributed by atoms with Gasteiger partial charge in [0.25, 0.3) is 0 Å². The fourth-order valence-corrected chi connectivity index (χ4v) is 3.11. The van der Waals surface area contributed by atoms with E-state index in [4.69, 9.17) is 20.8 Å². The molecule has 3 aromatic rings. The van der Waals surface area contributed by atoms with E-state index in [0.29, 0.717) is 33.9 Å². The number of nitrogens with one attached hydrogen (secondary N) is 1. The molecule has 0 aliphatic heterocycles. The third-order valence-electron chi connectivity index (χ3n) is 3.51. The Kier molecular flexibility index (Phi) is 6.20. The van der Waals surface area contributed by atoms with Gasteiger partial charge in [-0.15, -0.1) is 11.8 Å². The summed E-state index contributed by atoms with van der Waals surface area (Å²) >= 11 is 7.34. The molecule has 3 rings (SSSR count). The highest BCUT2D eigenvalue weighted by Crippen LogP contribution is 2.24. The molecule has 26 heavy (non-hydrogen) atoms. The van der Waals surface area contributed by atoms with Crippen molar-refractivity contribution in [3.8, 4) is 17.2 Å². The number of rotatable bonds is 7. The molecule has 5 nitrogen and oxygen atoms in total. The molecule has 0 spiro atoms. The maximum Gasteiger partial charge on any atom is 0.234 e. The minimum atomic E-state index is -0.0964. The number of halogens is 1. The van der Waals surface area contributed by atoms with Crippen LogP contribution in [0.25, 0.3) is 11.5 Å². The minimum absolute atomic E-state index is 0.0964. The molecular formula is C19H17ClN2O3S. The topological polar surface area (TPSA) is 64.4 Å². The van der Waals surface area contributed by atoms with E-state index in [1.54, 1.807) is 37.6 Å². The highest BCUT2D eigenvalue weighted by atomic mass is 35.5. The number of anilines is 1. The average molecular weight is 389 g/mol. The summed E-state index contributed by atoms with van der Waals surface area (Å²) in [5.74, 6) is 1.96. The molecule has 1 heterocycles. The van der Waals surface area contributed by atoms with Crippen LogP contribution in [0.2, 0.25) is 5.02 Å². The van der Waals surface area contributed by atoms with Gasteiger partial charge in [-0.3, -0.25) is 4.79 Å². The number of amides is 1. The van der Waals surface area contributed by atoms with Crippen molar-refractivity contribution in [3.63, 3.8) is 0 Å². The number of benzene rings is 2. The summed E-state index contributed by atoms with van der Waals surface area (Å²) in [5, 5.41) is 3.51. The van der Waals surface area contributed by atoms with E-state index in [0.717, 1.165) is 11.3 Å². The first-order valence-corrected chi connectivity index (χ1v) is 9.40. The van der Waals surface area contributed by atoms with Gasteiger partial charge < -0.3 is 14.5 Å². The molecule has 134 valence electrons. The molecule has 0 aliphatic rings. The quantitative estimate of drug-likeness (QED) is 0.625. The van der Waals surface area contributed by atoms with Crippen LogP contribution < -0.4 is 10.1 Å². The average Bonchev–Trinajstić information content (AvgIpc) is 3.11. The first-order valence-electron chi connectivity index (χ1n) is 7.86. The van der Waals surface area contributed by atoms with Crippen LogP contribution in [0.5, 0.6) is 5.75 Å². The number of oxazole rings is 1. The van der Waals surface area contributed by atoms with Crippen LogP contribution in [0.3, 0.4) is 0 Å². The summed E-state index contributed by atoms with van der Waals surface area (Å²) < 4.78 is 10.7. The van der Waals surface area contributed by atoms with E-state index in [9.17, 15) is 4.79 Å². The van der Waals surface area contributed by atoms with Gasteiger partial charge in [0.05, 0.1) is 24.2 Å². The molecule has 7 heteroatoms. The Morgan fingerprint density at radius 2 is 2.00 bits per heavy atom. The van der Waals surface area contributed by atoms with Crippen molar-refractivity contribution in [1.82, 2.24) is 4.98 Å². The van der Waals surface area contributed by atoms with Crippen LogP contribution in [0.15, 0.2) is 59.2 Å². The van der Waals surface area contributed by atoms with E-state index in [1.807, 2.05) is 24.3 Å². The molecule has 0 radical (unpaired) electrons. The molecule has 0 fully saturated rings. The fraction of sp³-hybridized carbons (Fsp3) is 0.158. The Hall–Kier alpha value is -2.44. The zero-order valence-electron chi connectivity index (χ0n) is 14.1. The van der Waals surface area contributed by atoms with Crippen LogP contribution in [0.4, 0.5) is 5.69 Å². The first-order chi connectivity index (χ1) is 12.7. The Morgan fingerprint density at radius 1 is 1.23 bits per heavy atom. The first kappa shape index (κ1) is 18.4. The monoisotopic (exact) mass is 388 g/mol. The lowest BCUT2D eigenvalue weighted by Crippen LogP contribution is -2.14. The van der Waals surface area contributed by atoms with E-state index < -0.39 is 0 Å². The van der Waals surface area contributed by atoms with Crippen molar-refractivity contribution >= 4 is 35.0 Å². The van der Waals surface area contributed by atoms with Crippen LogP contribution in [-0.4, -0.2) is 23.8 Å². The van der Waals surface area contributed by atoms with Crippen molar-refractivity contribution in [1.29, 1.82) is 0 Å². The Balaban J connectivity index is 1.50. The molecule has 0 atom stereocenters. The predicted octanol–water partition coefficient (Wildman–Crippen LogP) is 4.88. The van der Waals surface area contributed by atoms with Crippen LogP contribution >= 0.6 is 23.4 Å². The van der Waals surface area contributed by atoms with Crippen LogP contribution in [-0.2, 0) is 10.5 Å². The second-order valence-electron chi connectivity index (χ2n) is 5.39. The van der Waals surface area contributed by atoms with Crippen LogP contribution in [0, 0.1) is 0 Å². The Labute approximate surface area is 160 Å². The molecular weight excluding hydrogens is 372 g/mol. The van der Waals surface area contributed by atoms with Gasteiger partial charge in [0, 0.05) is 16.3 Å². The number of hydrogen-bond acceptors (Lipinski definition) is 5. The number of carbonyl (C=O) groups excluding carboxylic acids is 1. The summed E-state index contributed by atoms with van der Waals surface area (Å²) in [6.07, 6.45) is 1.61. The van der Waals surface area contributed by atoms with Gasteiger partial charge in [-0.05, 0) is 36.4 Å². The summed E-state index contributed by atoms with van der Waals surface area (Å²) in [5.41, 5.74) is 2.30. The SMILES string of the molecule is COc1ccccc1NC(=O)CSCc1coc(-c2ccc(Cl)cc2)n1. The molecule has 0 unspecified atom stereocenters. The molecule has 0 bridgehead atoms. The third kappa shape index (κ3) is 4.80. The van der Waals surface area contributed by atoms with Gasteiger partial charge in [0.15, 0.2) is 0 Å². The van der Waals surface area contributed by atoms with Crippen LogP contribution in [0.1, 0.15) is 5.69 Å². The smallest absolute Gasteiger partial charge is 0.234 e.